The van der Waals surface area contributed by atoms with Gasteiger partial charge in [0.25, 0.3) is 0 Å². The third-order valence-corrected chi connectivity index (χ3v) is 6.54. The first kappa shape index (κ1) is 11.4. The van der Waals surface area contributed by atoms with Gasteiger partial charge in [0.2, 0.25) is 0 Å². The fraction of sp³-hybridized carbons (Fsp3) is 0.556. The van der Waals surface area contributed by atoms with Crippen LogP contribution in [0.3, 0.4) is 0 Å². The maximum atomic E-state index is 11.4. The van der Waals surface area contributed by atoms with Gasteiger partial charge in [-0.2, -0.15) is 0 Å². The van der Waals surface area contributed by atoms with Gasteiger partial charge in [-0.3, -0.25) is 0 Å². The zero-order valence-electron chi connectivity index (χ0n) is 11.7. The van der Waals surface area contributed by atoms with Crippen LogP contribution in [0.2, 0.25) is 0 Å². The van der Waals surface area contributed by atoms with Crippen molar-refractivity contribution in [3.8, 4) is 0 Å². The smallest absolute Gasteiger partial charge is 0.0930 e. The summed E-state index contributed by atoms with van der Waals surface area (Å²) in [7, 11) is 0. The summed E-state index contributed by atoms with van der Waals surface area (Å²) in [6.07, 6.45) is 8.38. The molecule has 0 spiro atoms. The van der Waals surface area contributed by atoms with Crippen LogP contribution >= 0.6 is 0 Å². The lowest BCUT2D eigenvalue weighted by molar-refractivity contribution is -0.0511. The van der Waals surface area contributed by atoms with Crippen molar-refractivity contribution < 1.29 is 5.11 Å². The normalized spacial score (nSPS) is 42.5. The fourth-order valence-electron chi connectivity index (χ4n) is 5.77. The first-order valence-electron chi connectivity index (χ1n) is 8.06. The van der Waals surface area contributed by atoms with Crippen LogP contribution in [0.25, 0.3) is 10.9 Å². The van der Waals surface area contributed by atoms with Crippen LogP contribution in [-0.2, 0) is 5.60 Å². The molecule has 5 rings (SSSR count). The molecule has 1 aromatic carbocycles. The second-order valence-electron chi connectivity index (χ2n) is 7.27. The average molecular weight is 267 g/mol. The lowest BCUT2D eigenvalue weighted by Crippen LogP contribution is -2.38. The zero-order valence-corrected chi connectivity index (χ0v) is 11.7. The molecule has 5 atom stereocenters. The Morgan fingerprint density at radius 2 is 2.05 bits per heavy atom. The molecule has 2 bridgehead atoms. The van der Waals surface area contributed by atoms with E-state index in [1.807, 2.05) is 6.20 Å². The highest BCUT2D eigenvalue weighted by molar-refractivity contribution is 5.80. The van der Waals surface area contributed by atoms with E-state index in [1.165, 1.54) is 36.6 Å². The number of nitrogens with one attached hydrogen (secondary N) is 1. The lowest BCUT2D eigenvalue weighted by Gasteiger charge is -2.39. The number of benzene rings is 1. The number of aromatic amines is 1. The Hall–Kier alpha value is -1.28. The fourth-order valence-corrected chi connectivity index (χ4v) is 5.77. The molecule has 3 saturated carbocycles. The van der Waals surface area contributed by atoms with Crippen LogP contribution in [0, 0.1) is 23.7 Å². The van der Waals surface area contributed by atoms with Gasteiger partial charge in [0, 0.05) is 11.7 Å². The first-order chi connectivity index (χ1) is 9.75. The zero-order chi connectivity index (χ0) is 13.3. The molecular weight excluding hydrogens is 246 g/mol. The van der Waals surface area contributed by atoms with E-state index in [2.05, 4.69) is 29.2 Å². The monoisotopic (exact) mass is 267 g/mol. The molecule has 2 aromatic rings. The van der Waals surface area contributed by atoms with Crippen LogP contribution in [-0.4, -0.2) is 10.1 Å². The molecule has 2 nitrogen and oxygen atoms in total. The number of aromatic nitrogens is 1. The highest BCUT2D eigenvalue weighted by Gasteiger charge is 2.60. The number of rotatable bonds is 1. The van der Waals surface area contributed by atoms with Crippen molar-refractivity contribution in [2.75, 3.05) is 0 Å². The summed E-state index contributed by atoms with van der Waals surface area (Å²) in [6.45, 7) is 0. The van der Waals surface area contributed by atoms with Crippen molar-refractivity contribution in [2.24, 2.45) is 23.7 Å². The maximum Gasteiger partial charge on any atom is 0.0930 e. The predicted molar refractivity (Wildman–Crippen MR) is 79.2 cm³/mol. The molecule has 3 aliphatic rings. The Kier molecular flexibility index (Phi) is 2.09. The molecule has 3 fully saturated rings. The maximum absolute atomic E-state index is 11.4. The highest BCUT2D eigenvalue weighted by Crippen LogP contribution is 2.65. The van der Waals surface area contributed by atoms with Crippen molar-refractivity contribution in [3.05, 3.63) is 36.0 Å². The summed E-state index contributed by atoms with van der Waals surface area (Å²) in [5.74, 6) is 3.01. The molecule has 104 valence electrons. The second kappa shape index (κ2) is 3.67. The van der Waals surface area contributed by atoms with Crippen LogP contribution in [0.1, 0.15) is 37.7 Å². The standard InChI is InChI=1S/C18H21NO/c20-18(13-4-5-17-11(8-13)6-7-19-17)10-12-9-16(18)15-3-1-2-14(12)15/h4-8,12,14-16,19-20H,1-3,9-10H2. The second-order valence-corrected chi connectivity index (χ2v) is 7.27. The molecule has 0 aliphatic heterocycles. The SMILES string of the molecule is OC1(c2ccc3[nH]ccc3c2)CC2CC1C1CCCC21. The van der Waals surface area contributed by atoms with Crippen molar-refractivity contribution in [1.29, 1.82) is 0 Å². The molecule has 2 heteroatoms. The van der Waals surface area contributed by atoms with Gasteiger partial charge in [-0.15, -0.1) is 0 Å². The van der Waals surface area contributed by atoms with Gasteiger partial charge in [0.1, 0.15) is 0 Å². The Balaban J connectivity index is 1.59. The number of aliphatic hydroxyl groups is 1. The van der Waals surface area contributed by atoms with E-state index in [4.69, 9.17) is 0 Å². The quantitative estimate of drug-likeness (QED) is 0.809. The molecule has 3 aliphatic carbocycles. The molecule has 2 N–H and O–H groups in total. The van der Waals surface area contributed by atoms with Gasteiger partial charge in [0.15, 0.2) is 0 Å². The summed E-state index contributed by atoms with van der Waals surface area (Å²) in [5, 5.41) is 12.6. The first-order valence-corrected chi connectivity index (χ1v) is 8.06. The Labute approximate surface area is 119 Å². The minimum atomic E-state index is -0.554. The summed E-state index contributed by atoms with van der Waals surface area (Å²) < 4.78 is 0. The minimum Gasteiger partial charge on any atom is -0.385 e. The molecule has 20 heavy (non-hydrogen) atoms. The van der Waals surface area contributed by atoms with Crippen molar-refractivity contribution in [3.63, 3.8) is 0 Å². The molecule has 0 saturated heterocycles. The summed E-state index contributed by atoms with van der Waals surface area (Å²) in [6, 6.07) is 8.58. The highest BCUT2D eigenvalue weighted by atomic mass is 16.3. The van der Waals surface area contributed by atoms with Gasteiger partial charge < -0.3 is 10.1 Å². The predicted octanol–water partition coefficient (Wildman–Crippen LogP) is 3.81. The number of hydrogen-bond donors (Lipinski definition) is 2. The molecule has 1 aromatic heterocycles. The Morgan fingerprint density at radius 1 is 1.15 bits per heavy atom. The van der Waals surface area contributed by atoms with Gasteiger partial charge in [-0.1, -0.05) is 12.5 Å². The Morgan fingerprint density at radius 3 is 3.00 bits per heavy atom. The largest absolute Gasteiger partial charge is 0.385 e. The van der Waals surface area contributed by atoms with E-state index in [1.54, 1.807) is 0 Å². The van der Waals surface area contributed by atoms with Crippen LogP contribution < -0.4 is 0 Å². The minimum absolute atomic E-state index is 0.511. The van der Waals surface area contributed by atoms with E-state index in [-0.39, 0.29) is 0 Å². The lowest BCUT2D eigenvalue weighted by atomic mass is 9.70. The summed E-state index contributed by atoms with van der Waals surface area (Å²) in [4.78, 5) is 3.24. The third kappa shape index (κ3) is 1.28. The van der Waals surface area contributed by atoms with E-state index in [9.17, 15) is 5.11 Å². The van der Waals surface area contributed by atoms with Crippen molar-refractivity contribution >= 4 is 10.9 Å². The molecule has 0 amide bonds. The number of hydrogen-bond acceptors (Lipinski definition) is 1. The van der Waals surface area contributed by atoms with Crippen molar-refractivity contribution in [1.82, 2.24) is 4.98 Å². The number of H-pyrrole nitrogens is 1. The van der Waals surface area contributed by atoms with E-state index < -0.39 is 5.60 Å². The Bertz CT molecular complexity index is 675. The summed E-state index contributed by atoms with van der Waals surface area (Å²) >= 11 is 0. The summed E-state index contributed by atoms with van der Waals surface area (Å²) in [5.41, 5.74) is 1.77. The van der Waals surface area contributed by atoms with E-state index in [0.29, 0.717) is 5.92 Å². The molecular formula is C18H21NO. The molecule has 1 heterocycles. The van der Waals surface area contributed by atoms with Gasteiger partial charge in [0.05, 0.1) is 5.60 Å². The van der Waals surface area contributed by atoms with Crippen molar-refractivity contribution in [2.45, 2.75) is 37.7 Å². The van der Waals surface area contributed by atoms with Gasteiger partial charge in [-0.05, 0) is 78.5 Å². The molecule has 0 radical (unpaired) electrons. The van der Waals surface area contributed by atoms with E-state index >= 15 is 0 Å². The number of fused-ring (bicyclic) bond motifs is 6. The molecule has 5 unspecified atom stereocenters. The van der Waals surface area contributed by atoms with Crippen LogP contribution in [0.15, 0.2) is 30.5 Å². The van der Waals surface area contributed by atoms with Crippen LogP contribution in [0.4, 0.5) is 0 Å². The topological polar surface area (TPSA) is 36.0 Å². The average Bonchev–Trinajstić information content (AvgIpc) is 3.18. The third-order valence-electron chi connectivity index (χ3n) is 6.54. The van der Waals surface area contributed by atoms with E-state index in [0.717, 1.165) is 29.7 Å². The van der Waals surface area contributed by atoms with Crippen LogP contribution in [0.5, 0.6) is 0 Å². The van der Waals surface area contributed by atoms with Gasteiger partial charge >= 0.3 is 0 Å². The van der Waals surface area contributed by atoms with Gasteiger partial charge in [-0.25, -0.2) is 0 Å².